The molecule has 0 unspecified atom stereocenters. The Morgan fingerprint density at radius 3 is 2.93 bits per heavy atom. The van der Waals surface area contributed by atoms with Crippen LogP contribution in [0.4, 0.5) is 4.39 Å². The highest BCUT2D eigenvalue weighted by atomic mass is 35.5. The summed E-state index contributed by atoms with van der Waals surface area (Å²) in [4.78, 5) is 8.43. The molecule has 3 aromatic heterocycles. The van der Waals surface area contributed by atoms with E-state index in [0.29, 0.717) is 16.4 Å². The first-order valence-corrected chi connectivity index (χ1v) is 8.84. The standard InChI is InChI=1S/C20H14ClFN6/c21-13-3-6-18-12(8-13)11-26-28(18)19-2-1-7-25-20(19)16(24)9-17-15(22)5-4-14(10-23)27-17/h1-8,11,16H,9,24H2/t16-/m0/s1. The molecule has 28 heavy (non-hydrogen) atoms. The fourth-order valence-electron chi connectivity index (χ4n) is 3.06. The number of nitrogens with zero attached hydrogens (tertiary/aromatic N) is 5. The van der Waals surface area contributed by atoms with Crippen molar-refractivity contribution in [3.63, 3.8) is 0 Å². The molecule has 0 aliphatic carbocycles. The van der Waals surface area contributed by atoms with Gasteiger partial charge in [0, 0.05) is 23.0 Å². The minimum absolute atomic E-state index is 0.0936. The number of hydrogen-bond donors (Lipinski definition) is 1. The lowest BCUT2D eigenvalue weighted by atomic mass is 10.1. The molecule has 1 aromatic carbocycles. The maximum absolute atomic E-state index is 14.1. The quantitative estimate of drug-likeness (QED) is 0.571. The Morgan fingerprint density at radius 1 is 1.25 bits per heavy atom. The summed E-state index contributed by atoms with van der Waals surface area (Å²) in [7, 11) is 0. The van der Waals surface area contributed by atoms with E-state index in [2.05, 4.69) is 15.1 Å². The van der Waals surface area contributed by atoms with E-state index in [-0.39, 0.29) is 17.8 Å². The van der Waals surface area contributed by atoms with Crippen LogP contribution in [0.2, 0.25) is 5.02 Å². The van der Waals surface area contributed by atoms with E-state index in [1.807, 2.05) is 24.3 Å². The normalized spacial score (nSPS) is 12.1. The van der Waals surface area contributed by atoms with Gasteiger partial charge in [0.1, 0.15) is 17.6 Å². The average molecular weight is 393 g/mol. The minimum Gasteiger partial charge on any atom is -0.322 e. The Kier molecular flexibility index (Phi) is 4.74. The summed E-state index contributed by atoms with van der Waals surface area (Å²) in [5, 5.41) is 14.9. The van der Waals surface area contributed by atoms with E-state index in [1.54, 1.807) is 29.2 Å². The topological polar surface area (TPSA) is 93.4 Å². The van der Waals surface area contributed by atoms with E-state index in [9.17, 15) is 4.39 Å². The molecule has 0 bridgehead atoms. The molecule has 0 aliphatic heterocycles. The van der Waals surface area contributed by atoms with Crippen LogP contribution in [0.3, 0.4) is 0 Å². The summed E-state index contributed by atoms with van der Waals surface area (Å²) < 4.78 is 15.8. The molecule has 4 rings (SSSR count). The zero-order chi connectivity index (χ0) is 19.7. The predicted molar refractivity (Wildman–Crippen MR) is 103 cm³/mol. The molecule has 138 valence electrons. The lowest BCUT2D eigenvalue weighted by Gasteiger charge is -2.16. The van der Waals surface area contributed by atoms with E-state index < -0.39 is 11.9 Å². The minimum atomic E-state index is -0.640. The Hall–Kier alpha value is -3.34. The monoisotopic (exact) mass is 392 g/mol. The van der Waals surface area contributed by atoms with Gasteiger partial charge in [0.15, 0.2) is 0 Å². The maximum Gasteiger partial charge on any atom is 0.144 e. The number of aromatic nitrogens is 4. The zero-order valence-corrected chi connectivity index (χ0v) is 15.3. The predicted octanol–water partition coefficient (Wildman–Crippen LogP) is 3.72. The Bertz CT molecular complexity index is 1210. The summed E-state index contributed by atoms with van der Waals surface area (Å²) in [6, 6.07) is 12.9. The number of hydrogen-bond acceptors (Lipinski definition) is 5. The molecule has 8 heteroatoms. The van der Waals surface area contributed by atoms with Crippen molar-refractivity contribution in [2.45, 2.75) is 12.5 Å². The number of nitrogens with two attached hydrogens (primary N) is 1. The van der Waals surface area contributed by atoms with E-state index in [0.717, 1.165) is 10.9 Å². The van der Waals surface area contributed by atoms with Crippen LogP contribution in [0.5, 0.6) is 0 Å². The summed E-state index contributed by atoms with van der Waals surface area (Å²) in [5.74, 6) is -0.508. The van der Waals surface area contributed by atoms with Crippen molar-refractivity contribution in [1.82, 2.24) is 19.7 Å². The Labute approximate surface area is 165 Å². The van der Waals surface area contributed by atoms with Crippen LogP contribution >= 0.6 is 11.6 Å². The lowest BCUT2D eigenvalue weighted by Crippen LogP contribution is -2.19. The van der Waals surface area contributed by atoms with Gasteiger partial charge in [0.2, 0.25) is 0 Å². The van der Waals surface area contributed by atoms with Gasteiger partial charge in [-0.25, -0.2) is 14.1 Å². The van der Waals surface area contributed by atoms with Crippen LogP contribution in [0, 0.1) is 17.1 Å². The van der Waals surface area contributed by atoms with Crippen molar-refractivity contribution in [3.8, 4) is 11.8 Å². The number of nitriles is 1. The smallest absolute Gasteiger partial charge is 0.144 e. The zero-order valence-electron chi connectivity index (χ0n) is 14.5. The van der Waals surface area contributed by atoms with Crippen LogP contribution in [-0.2, 0) is 6.42 Å². The van der Waals surface area contributed by atoms with Crippen molar-refractivity contribution in [2.24, 2.45) is 5.73 Å². The maximum atomic E-state index is 14.1. The molecular formula is C20H14ClFN6. The third kappa shape index (κ3) is 3.31. The number of rotatable bonds is 4. The van der Waals surface area contributed by atoms with Gasteiger partial charge in [0.25, 0.3) is 0 Å². The first kappa shape index (κ1) is 18.0. The highest BCUT2D eigenvalue weighted by Crippen LogP contribution is 2.26. The highest BCUT2D eigenvalue weighted by Gasteiger charge is 2.19. The van der Waals surface area contributed by atoms with E-state index in [4.69, 9.17) is 22.6 Å². The lowest BCUT2D eigenvalue weighted by molar-refractivity contribution is 0.574. The second-order valence-electron chi connectivity index (χ2n) is 6.21. The van der Waals surface area contributed by atoms with E-state index in [1.165, 1.54) is 12.1 Å². The molecule has 2 N–H and O–H groups in total. The van der Waals surface area contributed by atoms with Crippen molar-refractivity contribution in [1.29, 1.82) is 5.26 Å². The summed E-state index contributed by atoms with van der Waals surface area (Å²) in [5.41, 5.74) is 8.69. The number of halogens is 2. The number of benzene rings is 1. The van der Waals surface area contributed by atoms with Crippen LogP contribution in [0.15, 0.2) is 54.9 Å². The van der Waals surface area contributed by atoms with Crippen molar-refractivity contribution >= 4 is 22.5 Å². The molecule has 0 spiro atoms. The summed E-state index contributed by atoms with van der Waals surface area (Å²) in [6.45, 7) is 0. The van der Waals surface area contributed by atoms with Gasteiger partial charge in [-0.2, -0.15) is 10.4 Å². The van der Waals surface area contributed by atoms with Crippen LogP contribution < -0.4 is 5.73 Å². The Balaban J connectivity index is 1.74. The summed E-state index contributed by atoms with van der Waals surface area (Å²) >= 11 is 6.05. The van der Waals surface area contributed by atoms with Crippen LogP contribution in [0.25, 0.3) is 16.6 Å². The van der Waals surface area contributed by atoms with Gasteiger partial charge in [-0.15, -0.1) is 0 Å². The van der Waals surface area contributed by atoms with Crippen molar-refractivity contribution in [2.75, 3.05) is 0 Å². The van der Waals surface area contributed by atoms with Crippen molar-refractivity contribution < 1.29 is 4.39 Å². The molecule has 0 fully saturated rings. The first-order chi connectivity index (χ1) is 13.6. The van der Waals surface area contributed by atoms with Gasteiger partial charge < -0.3 is 5.73 Å². The molecule has 0 saturated heterocycles. The molecule has 0 radical (unpaired) electrons. The molecular weight excluding hydrogens is 379 g/mol. The fraction of sp³-hybridized carbons (Fsp3) is 0.100. The van der Waals surface area contributed by atoms with Gasteiger partial charge in [0.05, 0.1) is 34.8 Å². The van der Waals surface area contributed by atoms with E-state index >= 15 is 0 Å². The molecule has 4 aromatic rings. The van der Waals surface area contributed by atoms with Crippen LogP contribution in [0.1, 0.15) is 23.1 Å². The van der Waals surface area contributed by atoms with Gasteiger partial charge >= 0.3 is 0 Å². The van der Waals surface area contributed by atoms with Gasteiger partial charge in [-0.05, 0) is 42.5 Å². The summed E-state index contributed by atoms with van der Waals surface area (Å²) in [6.07, 6.45) is 3.42. The molecule has 3 heterocycles. The van der Waals surface area contributed by atoms with Crippen LogP contribution in [-0.4, -0.2) is 19.7 Å². The second-order valence-corrected chi connectivity index (χ2v) is 6.65. The Morgan fingerprint density at radius 2 is 2.11 bits per heavy atom. The van der Waals surface area contributed by atoms with Gasteiger partial charge in [-0.1, -0.05) is 11.6 Å². The molecule has 0 aliphatic rings. The first-order valence-electron chi connectivity index (χ1n) is 8.46. The molecule has 1 atom stereocenters. The van der Waals surface area contributed by atoms with Crippen molar-refractivity contribution in [3.05, 3.63) is 82.8 Å². The number of pyridine rings is 2. The number of fused-ring (bicyclic) bond motifs is 1. The fourth-order valence-corrected chi connectivity index (χ4v) is 3.24. The van der Waals surface area contributed by atoms with Gasteiger partial charge in [-0.3, -0.25) is 4.98 Å². The average Bonchev–Trinajstić information content (AvgIpc) is 3.12. The molecule has 6 nitrogen and oxygen atoms in total. The molecule has 0 amide bonds. The third-order valence-corrected chi connectivity index (χ3v) is 4.61. The third-order valence-electron chi connectivity index (χ3n) is 4.37. The largest absolute Gasteiger partial charge is 0.322 e. The highest BCUT2D eigenvalue weighted by molar-refractivity contribution is 6.31. The SMILES string of the molecule is N#Cc1ccc(F)c(C[C@H](N)c2ncccc2-n2ncc3cc(Cl)ccc32)n1. The molecule has 0 saturated carbocycles. The second kappa shape index (κ2) is 7.35.